The highest BCUT2D eigenvalue weighted by atomic mass is 35.5. The summed E-state index contributed by atoms with van der Waals surface area (Å²) >= 11 is 5.69. The molecule has 0 radical (unpaired) electrons. The average molecular weight is 215 g/mol. The molecule has 4 heteroatoms. The fraction of sp³-hybridized carbons (Fsp3) is 0.600. The van der Waals surface area contributed by atoms with Crippen LogP contribution in [0, 0.1) is 6.92 Å². The summed E-state index contributed by atoms with van der Waals surface area (Å²) in [4.78, 5) is 7.91. The molecule has 78 valence electrons. The molecular weight excluding hydrogens is 200 g/mol. The fourth-order valence-electron chi connectivity index (χ4n) is 0.843. The number of rotatable bonds is 3. The van der Waals surface area contributed by atoms with Crippen LogP contribution in [0.25, 0.3) is 0 Å². The third-order valence-corrected chi connectivity index (χ3v) is 2.30. The minimum absolute atomic E-state index is 0.220. The van der Waals surface area contributed by atoms with Crippen molar-refractivity contribution in [1.82, 2.24) is 9.97 Å². The molecule has 1 rings (SSSR count). The first-order valence-corrected chi connectivity index (χ1v) is 5.00. The van der Waals surface area contributed by atoms with Crippen molar-refractivity contribution >= 4 is 11.6 Å². The molecule has 3 nitrogen and oxygen atoms in total. The average Bonchev–Trinajstić information content (AvgIpc) is 2.11. The van der Waals surface area contributed by atoms with Crippen molar-refractivity contribution in [2.24, 2.45) is 0 Å². The maximum atomic E-state index is 5.73. The molecule has 0 fully saturated rings. The molecule has 0 saturated heterocycles. The zero-order valence-electron chi connectivity index (χ0n) is 8.97. The lowest BCUT2D eigenvalue weighted by atomic mass is 10.1. The first kappa shape index (κ1) is 11.2. The monoisotopic (exact) mass is 214 g/mol. The van der Waals surface area contributed by atoms with Crippen LogP contribution in [0.4, 0.5) is 0 Å². The van der Waals surface area contributed by atoms with Crippen molar-refractivity contribution in [2.75, 3.05) is 0 Å². The Morgan fingerprint density at radius 2 is 2.14 bits per heavy atom. The van der Waals surface area contributed by atoms with Crippen molar-refractivity contribution in [3.63, 3.8) is 0 Å². The van der Waals surface area contributed by atoms with Gasteiger partial charge in [-0.25, -0.2) is 4.98 Å². The molecule has 0 aliphatic heterocycles. The fourth-order valence-corrected chi connectivity index (χ4v) is 0.969. The van der Waals surface area contributed by atoms with Gasteiger partial charge in [-0.1, -0.05) is 6.92 Å². The van der Waals surface area contributed by atoms with Gasteiger partial charge in [-0.05, 0) is 38.8 Å². The predicted molar refractivity (Wildman–Crippen MR) is 56.8 cm³/mol. The van der Waals surface area contributed by atoms with E-state index in [0.29, 0.717) is 5.88 Å². The number of ether oxygens (including phenoxy) is 1. The topological polar surface area (TPSA) is 35.0 Å². The highest BCUT2D eigenvalue weighted by Crippen LogP contribution is 2.22. The molecule has 0 aliphatic rings. The Morgan fingerprint density at radius 1 is 1.50 bits per heavy atom. The predicted octanol–water partition coefficient (Wildman–Crippen LogP) is 3.01. The first-order valence-electron chi connectivity index (χ1n) is 4.63. The highest BCUT2D eigenvalue weighted by Gasteiger charge is 2.19. The van der Waals surface area contributed by atoms with Gasteiger partial charge in [0.2, 0.25) is 11.2 Å². The summed E-state index contributed by atoms with van der Waals surface area (Å²) in [6, 6.07) is 0. The van der Waals surface area contributed by atoms with Gasteiger partial charge in [0.25, 0.3) is 0 Å². The molecule has 0 aliphatic carbocycles. The normalized spacial score (nSPS) is 11.5. The lowest BCUT2D eigenvalue weighted by Crippen LogP contribution is -2.27. The maximum Gasteiger partial charge on any atom is 0.225 e. The summed E-state index contributed by atoms with van der Waals surface area (Å²) in [6.07, 6.45) is 2.57. The second-order valence-corrected chi connectivity index (χ2v) is 4.18. The van der Waals surface area contributed by atoms with Crippen LogP contribution < -0.4 is 4.74 Å². The molecule has 0 aromatic carbocycles. The Balaban J connectivity index is 2.91. The van der Waals surface area contributed by atoms with E-state index in [0.717, 1.165) is 12.0 Å². The van der Waals surface area contributed by atoms with Crippen LogP contribution in [-0.2, 0) is 0 Å². The van der Waals surface area contributed by atoms with E-state index < -0.39 is 0 Å². The van der Waals surface area contributed by atoms with Gasteiger partial charge in [0.1, 0.15) is 5.60 Å². The lowest BCUT2D eigenvalue weighted by Gasteiger charge is -2.24. The molecule has 0 amide bonds. The molecule has 0 unspecified atom stereocenters. The maximum absolute atomic E-state index is 5.73. The SMILES string of the molecule is CCC(C)(C)Oc1nc(Cl)ncc1C. The van der Waals surface area contributed by atoms with Gasteiger partial charge in [-0.2, -0.15) is 4.98 Å². The van der Waals surface area contributed by atoms with Crippen molar-refractivity contribution in [1.29, 1.82) is 0 Å². The van der Waals surface area contributed by atoms with Gasteiger partial charge in [0.05, 0.1) is 0 Å². The number of aryl methyl sites for hydroxylation is 1. The summed E-state index contributed by atoms with van der Waals surface area (Å²) in [5.41, 5.74) is 0.679. The van der Waals surface area contributed by atoms with Crippen molar-refractivity contribution < 1.29 is 4.74 Å². The van der Waals surface area contributed by atoms with Crippen LogP contribution in [0.15, 0.2) is 6.20 Å². The second-order valence-electron chi connectivity index (χ2n) is 3.84. The van der Waals surface area contributed by atoms with Gasteiger partial charge in [-0.15, -0.1) is 0 Å². The van der Waals surface area contributed by atoms with Gasteiger partial charge >= 0.3 is 0 Å². The summed E-state index contributed by atoms with van der Waals surface area (Å²) in [7, 11) is 0. The Labute approximate surface area is 89.5 Å². The smallest absolute Gasteiger partial charge is 0.225 e. The van der Waals surface area contributed by atoms with Crippen LogP contribution in [-0.4, -0.2) is 15.6 Å². The molecule has 1 heterocycles. The molecule has 0 bridgehead atoms. The van der Waals surface area contributed by atoms with Crippen molar-refractivity contribution in [3.8, 4) is 5.88 Å². The number of aromatic nitrogens is 2. The van der Waals surface area contributed by atoms with E-state index in [1.807, 2.05) is 20.8 Å². The number of hydrogen-bond donors (Lipinski definition) is 0. The van der Waals surface area contributed by atoms with Gasteiger partial charge in [0, 0.05) is 11.8 Å². The van der Waals surface area contributed by atoms with Gasteiger partial charge in [-0.3, -0.25) is 0 Å². The Morgan fingerprint density at radius 3 is 2.71 bits per heavy atom. The number of halogens is 1. The summed E-state index contributed by atoms with van der Waals surface area (Å²) in [5, 5.41) is 0.220. The summed E-state index contributed by atoms with van der Waals surface area (Å²) in [5.74, 6) is 0.567. The summed E-state index contributed by atoms with van der Waals surface area (Å²) in [6.45, 7) is 8.00. The zero-order chi connectivity index (χ0) is 10.8. The first-order chi connectivity index (χ1) is 6.44. The van der Waals surface area contributed by atoms with E-state index in [9.17, 15) is 0 Å². The second kappa shape index (κ2) is 4.13. The van der Waals surface area contributed by atoms with E-state index in [2.05, 4.69) is 16.9 Å². The van der Waals surface area contributed by atoms with Crippen LogP contribution >= 0.6 is 11.6 Å². The third-order valence-electron chi connectivity index (χ3n) is 2.12. The molecule has 0 spiro atoms. The molecule has 1 aromatic rings. The minimum atomic E-state index is -0.220. The summed E-state index contributed by atoms with van der Waals surface area (Å²) < 4.78 is 5.73. The molecule has 0 atom stereocenters. The van der Waals surface area contributed by atoms with Crippen LogP contribution in [0.2, 0.25) is 5.28 Å². The van der Waals surface area contributed by atoms with E-state index in [-0.39, 0.29) is 10.9 Å². The molecule has 14 heavy (non-hydrogen) atoms. The molecule has 1 aromatic heterocycles. The standard InChI is InChI=1S/C10H15ClN2O/c1-5-10(3,4)14-8-7(2)6-12-9(11)13-8/h6H,5H2,1-4H3. The third kappa shape index (κ3) is 2.84. The van der Waals surface area contributed by atoms with Crippen molar-refractivity contribution in [2.45, 2.75) is 39.7 Å². The lowest BCUT2D eigenvalue weighted by molar-refractivity contribution is 0.0978. The van der Waals surface area contributed by atoms with E-state index in [4.69, 9.17) is 16.3 Å². The largest absolute Gasteiger partial charge is 0.471 e. The number of nitrogens with zero attached hydrogens (tertiary/aromatic N) is 2. The Bertz CT molecular complexity index is 326. The van der Waals surface area contributed by atoms with Crippen LogP contribution in [0.5, 0.6) is 5.88 Å². The molecule has 0 saturated carbocycles. The molecule has 0 N–H and O–H groups in total. The van der Waals surface area contributed by atoms with Crippen LogP contribution in [0.1, 0.15) is 32.8 Å². The number of hydrogen-bond acceptors (Lipinski definition) is 3. The van der Waals surface area contributed by atoms with Crippen molar-refractivity contribution in [3.05, 3.63) is 17.0 Å². The molecular formula is C10H15ClN2O. The van der Waals surface area contributed by atoms with Crippen LogP contribution in [0.3, 0.4) is 0 Å². The minimum Gasteiger partial charge on any atom is -0.471 e. The van der Waals surface area contributed by atoms with E-state index in [1.54, 1.807) is 6.20 Å². The van der Waals surface area contributed by atoms with E-state index in [1.165, 1.54) is 0 Å². The Hall–Kier alpha value is -0.830. The Kier molecular flexibility index (Phi) is 3.32. The van der Waals surface area contributed by atoms with Gasteiger partial charge < -0.3 is 4.74 Å². The zero-order valence-corrected chi connectivity index (χ0v) is 9.72. The van der Waals surface area contributed by atoms with Gasteiger partial charge in [0.15, 0.2) is 0 Å². The highest BCUT2D eigenvalue weighted by molar-refractivity contribution is 6.28. The van der Waals surface area contributed by atoms with E-state index >= 15 is 0 Å². The quantitative estimate of drug-likeness (QED) is 0.726.